The first-order valence-corrected chi connectivity index (χ1v) is 7.44. The molecule has 1 fully saturated rings. The molecule has 3 N–H and O–H groups in total. The van der Waals surface area contributed by atoms with Gasteiger partial charge in [-0.05, 0) is 24.0 Å². The molecule has 3 atom stereocenters. The van der Waals surface area contributed by atoms with Gasteiger partial charge in [-0.3, -0.25) is 0 Å². The van der Waals surface area contributed by atoms with Gasteiger partial charge in [0, 0.05) is 12.6 Å². The van der Waals surface area contributed by atoms with Crippen LogP contribution < -0.4 is 5.32 Å². The fourth-order valence-corrected chi connectivity index (χ4v) is 3.16. The van der Waals surface area contributed by atoms with E-state index in [0.717, 1.165) is 17.6 Å². The minimum atomic E-state index is -1.12. The van der Waals surface area contributed by atoms with Crippen LogP contribution in [0.3, 0.4) is 0 Å². The van der Waals surface area contributed by atoms with Gasteiger partial charge in [0.15, 0.2) is 0 Å². The van der Waals surface area contributed by atoms with Crippen LogP contribution >= 0.6 is 0 Å². The van der Waals surface area contributed by atoms with E-state index in [1.807, 2.05) is 48.6 Å². The molecule has 0 aromatic heterocycles. The lowest BCUT2D eigenvalue weighted by atomic mass is 9.78. The summed E-state index contributed by atoms with van der Waals surface area (Å²) in [6.07, 6.45) is 11.0. The van der Waals surface area contributed by atoms with E-state index >= 15 is 0 Å². The van der Waals surface area contributed by atoms with Crippen molar-refractivity contribution in [1.82, 2.24) is 5.32 Å². The zero-order valence-corrected chi connectivity index (χ0v) is 11.9. The van der Waals surface area contributed by atoms with Crippen molar-refractivity contribution in [2.24, 2.45) is 0 Å². The predicted octanol–water partition coefficient (Wildman–Crippen LogP) is 2.04. The smallest absolute Gasteiger partial charge is 0.130 e. The summed E-state index contributed by atoms with van der Waals surface area (Å²) in [5.74, 6) is 0. The third kappa shape index (κ3) is 2.72. The third-order valence-electron chi connectivity index (χ3n) is 4.26. The molecule has 0 saturated carbocycles. The molecule has 3 nitrogen and oxygen atoms in total. The highest BCUT2D eigenvalue weighted by atomic mass is 16.3. The van der Waals surface area contributed by atoms with Crippen LogP contribution in [0.15, 0.2) is 66.3 Å². The molecule has 0 radical (unpaired) electrons. The van der Waals surface area contributed by atoms with Gasteiger partial charge in [-0.2, -0.15) is 0 Å². The van der Waals surface area contributed by atoms with Gasteiger partial charge in [-0.1, -0.05) is 60.7 Å². The zero-order valence-electron chi connectivity index (χ0n) is 11.9. The average molecular weight is 283 g/mol. The van der Waals surface area contributed by atoms with E-state index in [1.165, 1.54) is 0 Å². The lowest BCUT2D eigenvalue weighted by molar-refractivity contribution is 0.0386. The minimum absolute atomic E-state index is 0.191. The standard InChI is InChI=1S/C18H21NO2/c20-16-12-17(19-13-16)18(21,15-10-6-3-7-11-15)14-8-4-1-2-5-9-14/h1-4,6-11,16-17,19-21H,5,12-13H2/t16-,17+,18?/m1/s1. The second-order valence-corrected chi connectivity index (χ2v) is 5.67. The SMILES string of the molecule is O[C@H]1CN[C@H](C(O)(C2=CCC=CC=C2)c2ccccc2)C1. The maximum Gasteiger partial charge on any atom is 0.130 e. The summed E-state index contributed by atoms with van der Waals surface area (Å²) in [5, 5.41) is 24.6. The molecule has 0 amide bonds. The van der Waals surface area contributed by atoms with Crippen molar-refractivity contribution in [3.8, 4) is 0 Å². The van der Waals surface area contributed by atoms with Crippen LogP contribution in [-0.4, -0.2) is 28.9 Å². The molecule has 1 heterocycles. The number of benzene rings is 1. The summed E-state index contributed by atoms with van der Waals surface area (Å²) in [4.78, 5) is 0. The van der Waals surface area contributed by atoms with E-state index in [9.17, 15) is 10.2 Å². The average Bonchev–Trinajstić information content (AvgIpc) is 2.78. The minimum Gasteiger partial charge on any atom is -0.392 e. The third-order valence-corrected chi connectivity index (χ3v) is 4.26. The van der Waals surface area contributed by atoms with Crippen molar-refractivity contribution in [3.05, 3.63) is 71.8 Å². The molecule has 1 aromatic rings. The highest BCUT2D eigenvalue weighted by molar-refractivity contribution is 5.43. The number of β-amino-alcohol motifs (C(OH)–C–C–N with tert-alkyl or cyclic N) is 1. The van der Waals surface area contributed by atoms with Gasteiger partial charge in [-0.25, -0.2) is 0 Å². The topological polar surface area (TPSA) is 52.5 Å². The Kier molecular flexibility index (Phi) is 4.06. The first-order chi connectivity index (χ1) is 10.2. The van der Waals surface area contributed by atoms with Gasteiger partial charge in [-0.15, -0.1) is 0 Å². The van der Waals surface area contributed by atoms with E-state index in [0.29, 0.717) is 13.0 Å². The number of nitrogens with one attached hydrogen (secondary N) is 1. The van der Waals surface area contributed by atoms with Crippen molar-refractivity contribution >= 4 is 0 Å². The lowest BCUT2D eigenvalue weighted by Gasteiger charge is -2.36. The van der Waals surface area contributed by atoms with Crippen LogP contribution in [0.5, 0.6) is 0 Å². The first-order valence-electron chi connectivity index (χ1n) is 7.44. The predicted molar refractivity (Wildman–Crippen MR) is 83.7 cm³/mol. The van der Waals surface area contributed by atoms with E-state index < -0.39 is 11.7 Å². The van der Waals surface area contributed by atoms with Crippen LogP contribution in [0, 0.1) is 0 Å². The summed E-state index contributed by atoms with van der Waals surface area (Å²) in [6, 6.07) is 9.51. The van der Waals surface area contributed by atoms with E-state index in [4.69, 9.17) is 0 Å². The first kappa shape index (κ1) is 14.3. The molecular weight excluding hydrogens is 262 g/mol. The quantitative estimate of drug-likeness (QED) is 0.795. The fraction of sp³-hybridized carbons (Fsp3) is 0.333. The Labute approximate surface area is 125 Å². The summed E-state index contributed by atoms with van der Waals surface area (Å²) in [6.45, 7) is 0.523. The highest BCUT2D eigenvalue weighted by Gasteiger charge is 2.44. The van der Waals surface area contributed by atoms with Gasteiger partial charge >= 0.3 is 0 Å². The summed E-state index contributed by atoms with van der Waals surface area (Å²) in [5.41, 5.74) is 0.612. The second kappa shape index (κ2) is 5.98. The van der Waals surface area contributed by atoms with Crippen LogP contribution in [0.4, 0.5) is 0 Å². The van der Waals surface area contributed by atoms with E-state index in [-0.39, 0.29) is 6.04 Å². The Bertz CT molecular complexity index is 576. The molecule has 3 rings (SSSR count). The Morgan fingerprint density at radius 1 is 1.14 bits per heavy atom. The van der Waals surface area contributed by atoms with Crippen molar-refractivity contribution in [1.29, 1.82) is 0 Å². The van der Waals surface area contributed by atoms with Gasteiger partial charge in [0.05, 0.1) is 6.10 Å². The molecular formula is C18H21NO2. The zero-order chi connectivity index (χ0) is 14.7. The molecule has 1 aromatic carbocycles. The number of rotatable bonds is 3. The number of hydrogen-bond donors (Lipinski definition) is 3. The molecule has 1 aliphatic heterocycles. The van der Waals surface area contributed by atoms with Crippen molar-refractivity contribution in [3.63, 3.8) is 0 Å². The summed E-state index contributed by atoms with van der Waals surface area (Å²) in [7, 11) is 0. The van der Waals surface area contributed by atoms with Crippen molar-refractivity contribution in [2.75, 3.05) is 6.54 Å². The van der Waals surface area contributed by atoms with Crippen LogP contribution in [-0.2, 0) is 5.60 Å². The molecule has 0 bridgehead atoms. The number of aliphatic hydroxyl groups excluding tert-OH is 1. The van der Waals surface area contributed by atoms with Crippen LogP contribution in [0.25, 0.3) is 0 Å². The monoisotopic (exact) mass is 283 g/mol. The van der Waals surface area contributed by atoms with Gasteiger partial charge in [0.2, 0.25) is 0 Å². The molecule has 21 heavy (non-hydrogen) atoms. The Balaban J connectivity index is 2.04. The lowest BCUT2D eigenvalue weighted by Crippen LogP contribution is -2.46. The molecule has 1 saturated heterocycles. The normalized spacial score (nSPS) is 28.0. The van der Waals surface area contributed by atoms with Crippen LogP contribution in [0.2, 0.25) is 0 Å². The number of allylic oxidation sites excluding steroid dienone is 4. The fourth-order valence-electron chi connectivity index (χ4n) is 3.16. The van der Waals surface area contributed by atoms with Crippen molar-refractivity contribution in [2.45, 2.75) is 30.6 Å². The largest absolute Gasteiger partial charge is 0.392 e. The molecule has 1 unspecified atom stereocenters. The number of aliphatic hydroxyl groups is 2. The van der Waals surface area contributed by atoms with Crippen LogP contribution in [0.1, 0.15) is 18.4 Å². The van der Waals surface area contributed by atoms with Gasteiger partial charge < -0.3 is 15.5 Å². The van der Waals surface area contributed by atoms with E-state index in [2.05, 4.69) is 17.5 Å². The molecule has 1 aliphatic carbocycles. The molecule has 110 valence electrons. The van der Waals surface area contributed by atoms with E-state index in [1.54, 1.807) is 0 Å². The Morgan fingerprint density at radius 3 is 2.67 bits per heavy atom. The Hall–Kier alpha value is -1.68. The number of hydrogen-bond acceptors (Lipinski definition) is 3. The molecule has 3 heteroatoms. The second-order valence-electron chi connectivity index (χ2n) is 5.67. The maximum atomic E-state index is 11.5. The molecule has 2 aliphatic rings. The maximum absolute atomic E-state index is 11.5. The van der Waals surface area contributed by atoms with Crippen molar-refractivity contribution < 1.29 is 10.2 Å². The summed E-state index contributed by atoms with van der Waals surface area (Å²) >= 11 is 0. The van der Waals surface area contributed by atoms with Gasteiger partial charge in [0.1, 0.15) is 5.60 Å². The molecule has 0 spiro atoms. The van der Waals surface area contributed by atoms with Gasteiger partial charge in [0.25, 0.3) is 0 Å². The summed E-state index contributed by atoms with van der Waals surface area (Å²) < 4.78 is 0. The highest BCUT2D eigenvalue weighted by Crippen LogP contribution is 2.38. The Morgan fingerprint density at radius 2 is 1.95 bits per heavy atom.